The van der Waals surface area contributed by atoms with E-state index in [9.17, 15) is 5.11 Å². The molecule has 2 N–H and O–H groups in total. The number of hydrogen-bond acceptors (Lipinski definition) is 4. The van der Waals surface area contributed by atoms with Crippen molar-refractivity contribution in [1.29, 1.82) is 0 Å². The fourth-order valence-electron chi connectivity index (χ4n) is 3.46. The number of fused-ring (bicyclic) bond motifs is 1. The van der Waals surface area contributed by atoms with Crippen LogP contribution in [0.4, 0.5) is 0 Å². The van der Waals surface area contributed by atoms with Crippen LogP contribution < -0.4 is 5.32 Å². The minimum Gasteiger partial charge on any atom is -0.392 e. The van der Waals surface area contributed by atoms with Crippen molar-refractivity contribution in [3.63, 3.8) is 0 Å². The highest BCUT2D eigenvalue weighted by Gasteiger charge is 2.21. The van der Waals surface area contributed by atoms with E-state index in [0.717, 1.165) is 24.6 Å². The summed E-state index contributed by atoms with van der Waals surface area (Å²) in [6.45, 7) is 1.62. The Kier molecular flexibility index (Phi) is 6.34. The molecule has 1 atom stereocenters. The molecule has 1 heterocycles. The molecule has 4 nitrogen and oxygen atoms in total. The molecular formula is C22H24IN3O. The van der Waals surface area contributed by atoms with Crippen molar-refractivity contribution >= 4 is 40.7 Å². The molecule has 0 fully saturated rings. The molecule has 27 heavy (non-hydrogen) atoms. The minimum atomic E-state index is 0. The number of nitrogens with one attached hydrogen (secondary N) is 1. The lowest BCUT2D eigenvalue weighted by Crippen LogP contribution is -2.36. The number of aliphatic imine (C=N–C) groups is 1. The molecular weight excluding hydrogens is 449 g/mol. The molecule has 0 spiro atoms. The first kappa shape index (κ1) is 19.6. The smallest absolute Gasteiger partial charge is 0.194 e. The molecule has 3 aromatic carbocycles. The third-order valence-electron chi connectivity index (χ3n) is 4.94. The maximum Gasteiger partial charge on any atom is 0.194 e. The largest absolute Gasteiger partial charge is 0.392 e. The zero-order chi connectivity index (χ0) is 17.9. The van der Waals surface area contributed by atoms with E-state index in [0.29, 0.717) is 0 Å². The maximum atomic E-state index is 9.18. The Morgan fingerprint density at radius 1 is 1.04 bits per heavy atom. The average Bonchev–Trinajstić information content (AvgIpc) is 3.19. The van der Waals surface area contributed by atoms with E-state index in [4.69, 9.17) is 4.99 Å². The van der Waals surface area contributed by atoms with Gasteiger partial charge in [-0.2, -0.15) is 0 Å². The molecule has 1 unspecified atom stereocenters. The van der Waals surface area contributed by atoms with Gasteiger partial charge in [-0.1, -0.05) is 66.7 Å². The van der Waals surface area contributed by atoms with Crippen molar-refractivity contribution < 1.29 is 5.11 Å². The third kappa shape index (κ3) is 4.25. The van der Waals surface area contributed by atoms with Gasteiger partial charge in [0.25, 0.3) is 0 Å². The van der Waals surface area contributed by atoms with Gasteiger partial charge in [-0.25, -0.2) is 0 Å². The molecule has 0 bridgehead atoms. The Hall–Kier alpha value is -2.12. The summed E-state index contributed by atoms with van der Waals surface area (Å²) in [7, 11) is 2.07. The zero-order valence-corrected chi connectivity index (χ0v) is 17.6. The number of aliphatic hydroxyl groups is 1. The van der Waals surface area contributed by atoms with Crippen LogP contribution in [0.15, 0.2) is 71.7 Å². The molecule has 5 heteroatoms. The van der Waals surface area contributed by atoms with Crippen LogP contribution >= 0.6 is 24.0 Å². The Balaban J connectivity index is 0.00000210. The van der Waals surface area contributed by atoms with Crippen LogP contribution in [0, 0.1) is 0 Å². The molecule has 0 aromatic heterocycles. The lowest BCUT2D eigenvalue weighted by atomic mass is 10.0. The molecule has 3 aromatic rings. The molecule has 0 radical (unpaired) electrons. The molecule has 0 saturated carbocycles. The first-order valence-corrected chi connectivity index (χ1v) is 8.93. The van der Waals surface area contributed by atoms with Gasteiger partial charge in [-0.15, -0.1) is 24.0 Å². The molecule has 140 valence electrons. The standard InChI is InChI=1S/C22H23N3O.HI/c1-25(14-19-7-4-6-17-5-2-3-8-20(17)19)22-23-13-21(24-22)18-11-9-16(15-26)10-12-18;/h2-12,21,26H,13-15H2,1H3,(H,23,24);1H. The Morgan fingerprint density at radius 2 is 1.78 bits per heavy atom. The van der Waals surface area contributed by atoms with Gasteiger partial charge in [-0.05, 0) is 27.5 Å². The second kappa shape index (κ2) is 8.71. The van der Waals surface area contributed by atoms with E-state index in [1.54, 1.807) is 0 Å². The summed E-state index contributed by atoms with van der Waals surface area (Å²) in [5.74, 6) is 0.925. The molecule has 1 aliphatic rings. The second-order valence-corrected chi connectivity index (χ2v) is 6.76. The van der Waals surface area contributed by atoms with Gasteiger partial charge in [-0.3, -0.25) is 4.99 Å². The summed E-state index contributed by atoms with van der Waals surface area (Å²) in [4.78, 5) is 6.86. The van der Waals surface area contributed by atoms with Gasteiger partial charge in [0.05, 0.1) is 19.2 Å². The highest BCUT2D eigenvalue weighted by atomic mass is 127. The summed E-state index contributed by atoms with van der Waals surface area (Å²) in [6, 6.07) is 23.2. The number of nitrogens with zero attached hydrogens (tertiary/aromatic N) is 2. The minimum absolute atomic E-state index is 0. The van der Waals surface area contributed by atoms with Crippen LogP contribution in [0.25, 0.3) is 10.8 Å². The van der Waals surface area contributed by atoms with E-state index in [2.05, 4.69) is 71.9 Å². The van der Waals surface area contributed by atoms with Gasteiger partial charge >= 0.3 is 0 Å². The Morgan fingerprint density at radius 3 is 2.56 bits per heavy atom. The van der Waals surface area contributed by atoms with Crippen molar-refractivity contribution in [2.24, 2.45) is 4.99 Å². The van der Waals surface area contributed by atoms with E-state index < -0.39 is 0 Å². The topological polar surface area (TPSA) is 47.9 Å². The molecule has 0 aliphatic carbocycles. The number of guanidine groups is 1. The number of rotatable bonds is 4. The summed E-state index contributed by atoms with van der Waals surface area (Å²) >= 11 is 0. The number of halogens is 1. The summed E-state index contributed by atoms with van der Waals surface area (Å²) in [5, 5.41) is 15.3. The highest BCUT2D eigenvalue weighted by Crippen LogP contribution is 2.22. The predicted octanol–water partition coefficient (Wildman–Crippen LogP) is 4.08. The normalized spacial score (nSPS) is 15.8. The summed E-state index contributed by atoms with van der Waals surface area (Å²) in [6.07, 6.45) is 0. The second-order valence-electron chi connectivity index (χ2n) is 6.76. The molecule has 1 aliphatic heterocycles. The molecule has 0 amide bonds. The predicted molar refractivity (Wildman–Crippen MR) is 121 cm³/mol. The fourth-order valence-corrected chi connectivity index (χ4v) is 3.46. The van der Waals surface area contributed by atoms with Crippen LogP contribution in [0.5, 0.6) is 0 Å². The van der Waals surface area contributed by atoms with E-state index >= 15 is 0 Å². The summed E-state index contributed by atoms with van der Waals surface area (Å²) < 4.78 is 0. The molecule has 0 saturated heterocycles. The van der Waals surface area contributed by atoms with Crippen molar-refractivity contribution in [3.8, 4) is 0 Å². The van der Waals surface area contributed by atoms with Crippen molar-refractivity contribution in [3.05, 3.63) is 83.4 Å². The van der Waals surface area contributed by atoms with Crippen LogP contribution in [0.3, 0.4) is 0 Å². The van der Waals surface area contributed by atoms with E-state index in [-0.39, 0.29) is 36.6 Å². The fraction of sp³-hybridized carbons (Fsp3) is 0.227. The molecule has 4 rings (SSSR count). The SMILES string of the molecule is CN(Cc1cccc2ccccc12)C1=NCC(c2ccc(CO)cc2)N1.I. The quantitative estimate of drug-likeness (QED) is 0.562. The first-order chi connectivity index (χ1) is 12.7. The Labute approximate surface area is 176 Å². The van der Waals surface area contributed by atoms with Gasteiger partial charge in [0.15, 0.2) is 5.96 Å². The first-order valence-electron chi connectivity index (χ1n) is 8.93. The maximum absolute atomic E-state index is 9.18. The average molecular weight is 473 g/mol. The van der Waals surface area contributed by atoms with Crippen molar-refractivity contribution in [2.75, 3.05) is 13.6 Å². The van der Waals surface area contributed by atoms with Crippen molar-refractivity contribution in [1.82, 2.24) is 10.2 Å². The van der Waals surface area contributed by atoms with E-state index in [1.165, 1.54) is 21.9 Å². The van der Waals surface area contributed by atoms with Crippen LogP contribution in [-0.4, -0.2) is 29.6 Å². The van der Waals surface area contributed by atoms with Gasteiger partial charge in [0.2, 0.25) is 0 Å². The zero-order valence-electron chi connectivity index (χ0n) is 15.3. The number of hydrogen-bond donors (Lipinski definition) is 2. The summed E-state index contributed by atoms with van der Waals surface area (Å²) in [5.41, 5.74) is 3.42. The van der Waals surface area contributed by atoms with Crippen LogP contribution in [0.2, 0.25) is 0 Å². The third-order valence-corrected chi connectivity index (χ3v) is 4.94. The van der Waals surface area contributed by atoms with E-state index in [1.807, 2.05) is 12.1 Å². The highest BCUT2D eigenvalue weighted by molar-refractivity contribution is 14.0. The monoisotopic (exact) mass is 473 g/mol. The lowest BCUT2D eigenvalue weighted by Gasteiger charge is -2.22. The van der Waals surface area contributed by atoms with Gasteiger partial charge < -0.3 is 15.3 Å². The number of benzene rings is 3. The van der Waals surface area contributed by atoms with Gasteiger partial charge in [0.1, 0.15) is 0 Å². The van der Waals surface area contributed by atoms with Gasteiger partial charge in [0, 0.05) is 13.6 Å². The Bertz CT molecular complexity index is 934. The van der Waals surface area contributed by atoms with Crippen molar-refractivity contribution in [2.45, 2.75) is 19.2 Å². The number of aliphatic hydroxyl groups excluding tert-OH is 1. The van der Waals surface area contributed by atoms with Crippen LogP contribution in [0.1, 0.15) is 22.7 Å². The van der Waals surface area contributed by atoms with Crippen LogP contribution in [-0.2, 0) is 13.2 Å². The lowest BCUT2D eigenvalue weighted by molar-refractivity contribution is 0.282.